The highest BCUT2D eigenvalue weighted by Crippen LogP contribution is 2.28. The molecule has 2 heterocycles. The molecule has 1 aliphatic heterocycles. The van der Waals surface area contributed by atoms with Gasteiger partial charge in [-0.25, -0.2) is 4.79 Å². The second-order valence-electron chi connectivity index (χ2n) is 6.61. The lowest BCUT2D eigenvalue weighted by Crippen LogP contribution is -2.33. The third-order valence-electron chi connectivity index (χ3n) is 4.62. The molecule has 0 saturated carbocycles. The molecule has 1 saturated heterocycles. The van der Waals surface area contributed by atoms with Crippen molar-refractivity contribution in [2.75, 3.05) is 4.90 Å². The first-order chi connectivity index (χ1) is 13.4. The van der Waals surface area contributed by atoms with E-state index in [-0.39, 0.29) is 18.3 Å². The van der Waals surface area contributed by atoms with Crippen LogP contribution >= 0.6 is 11.6 Å². The van der Waals surface area contributed by atoms with E-state index in [1.807, 2.05) is 31.2 Å². The summed E-state index contributed by atoms with van der Waals surface area (Å²) in [5.74, 6) is 0.292. The molecule has 7 nitrogen and oxygen atoms in total. The highest BCUT2D eigenvalue weighted by Gasteiger charge is 2.43. The number of anilines is 1. The van der Waals surface area contributed by atoms with Crippen LogP contribution in [0.5, 0.6) is 0 Å². The van der Waals surface area contributed by atoms with Gasteiger partial charge in [-0.1, -0.05) is 34.5 Å². The van der Waals surface area contributed by atoms with Gasteiger partial charge in [0.15, 0.2) is 5.82 Å². The van der Waals surface area contributed by atoms with Gasteiger partial charge in [-0.05, 0) is 50.2 Å². The summed E-state index contributed by atoms with van der Waals surface area (Å²) in [5.41, 5.74) is 2.50. The van der Waals surface area contributed by atoms with Crippen LogP contribution in [0.25, 0.3) is 11.5 Å². The van der Waals surface area contributed by atoms with Crippen LogP contribution in [0.1, 0.15) is 18.3 Å². The largest absolute Gasteiger partial charge is 0.334 e. The lowest BCUT2D eigenvalue weighted by Gasteiger charge is -2.19. The van der Waals surface area contributed by atoms with E-state index in [1.165, 1.54) is 4.90 Å². The van der Waals surface area contributed by atoms with Crippen molar-refractivity contribution in [3.63, 3.8) is 0 Å². The number of imide groups is 1. The van der Waals surface area contributed by atoms with Crippen molar-refractivity contribution in [2.24, 2.45) is 0 Å². The van der Waals surface area contributed by atoms with Crippen molar-refractivity contribution in [3.05, 3.63) is 64.9 Å². The van der Waals surface area contributed by atoms with Gasteiger partial charge < -0.3 is 4.52 Å². The molecule has 1 aromatic heterocycles. The van der Waals surface area contributed by atoms with E-state index < -0.39 is 12.1 Å². The summed E-state index contributed by atoms with van der Waals surface area (Å²) in [6.45, 7) is 3.62. The standard InChI is InChI=1S/C20H17ClN4O3/c1-12-3-5-14(6-4-12)18-22-17(23-28-18)11-24-19(26)13(2)25(20(24)27)16-9-7-15(21)8-10-16/h3-10,13H,11H2,1-2H3. The van der Waals surface area contributed by atoms with Crippen molar-refractivity contribution in [1.29, 1.82) is 0 Å². The molecule has 28 heavy (non-hydrogen) atoms. The zero-order chi connectivity index (χ0) is 19.8. The molecule has 1 fully saturated rings. The van der Waals surface area contributed by atoms with E-state index >= 15 is 0 Å². The Morgan fingerprint density at radius 3 is 2.43 bits per heavy atom. The fraction of sp³-hybridized carbons (Fsp3) is 0.200. The molecule has 0 aliphatic carbocycles. The van der Waals surface area contributed by atoms with Crippen LogP contribution in [0.2, 0.25) is 5.02 Å². The molecule has 4 rings (SSSR count). The van der Waals surface area contributed by atoms with E-state index in [4.69, 9.17) is 16.1 Å². The summed E-state index contributed by atoms with van der Waals surface area (Å²) in [4.78, 5) is 32.4. The van der Waals surface area contributed by atoms with Crippen LogP contribution in [0.4, 0.5) is 10.5 Å². The fourth-order valence-corrected chi connectivity index (χ4v) is 3.21. The highest BCUT2D eigenvalue weighted by atomic mass is 35.5. The molecular formula is C20H17ClN4O3. The van der Waals surface area contributed by atoms with Gasteiger partial charge in [-0.3, -0.25) is 14.6 Å². The Hall–Kier alpha value is -3.19. The number of benzene rings is 2. The van der Waals surface area contributed by atoms with Crippen LogP contribution in [-0.2, 0) is 11.3 Å². The molecule has 1 atom stereocenters. The Bertz CT molecular complexity index is 1030. The molecule has 8 heteroatoms. The Morgan fingerprint density at radius 1 is 1.07 bits per heavy atom. The van der Waals surface area contributed by atoms with E-state index in [0.717, 1.165) is 16.0 Å². The number of rotatable bonds is 4. The molecule has 1 aliphatic rings. The lowest BCUT2D eigenvalue weighted by atomic mass is 10.1. The van der Waals surface area contributed by atoms with Crippen molar-refractivity contribution in [2.45, 2.75) is 26.4 Å². The molecule has 0 bridgehead atoms. The first-order valence-electron chi connectivity index (χ1n) is 8.74. The van der Waals surface area contributed by atoms with Crippen LogP contribution in [0.15, 0.2) is 53.1 Å². The first-order valence-corrected chi connectivity index (χ1v) is 9.11. The van der Waals surface area contributed by atoms with Crippen LogP contribution in [0.3, 0.4) is 0 Å². The second kappa shape index (κ2) is 7.09. The van der Waals surface area contributed by atoms with Gasteiger partial charge in [0, 0.05) is 16.3 Å². The summed E-state index contributed by atoms with van der Waals surface area (Å²) < 4.78 is 5.28. The maximum absolute atomic E-state index is 12.8. The number of nitrogens with zero attached hydrogens (tertiary/aromatic N) is 4. The molecular weight excluding hydrogens is 380 g/mol. The number of carbonyl (C=O) groups is 2. The molecule has 0 N–H and O–H groups in total. The molecule has 2 aromatic carbocycles. The van der Waals surface area contributed by atoms with Gasteiger partial charge >= 0.3 is 6.03 Å². The average Bonchev–Trinajstić information content (AvgIpc) is 3.23. The molecule has 0 spiro atoms. The Kier molecular flexibility index (Phi) is 4.60. The van der Waals surface area contributed by atoms with Gasteiger partial charge in [0.2, 0.25) is 0 Å². The number of urea groups is 1. The van der Waals surface area contributed by atoms with Gasteiger partial charge in [0.1, 0.15) is 6.04 Å². The SMILES string of the molecule is Cc1ccc(-c2nc(CN3C(=O)C(C)N(c4ccc(Cl)cc4)C3=O)no2)cc1. The number of aryl methyl sites for hydroxylation is 1. The first kappa shape index (κ1) is 18.2. The number of halogens is 1. The smallest absolute Gasteiger partial charge is 0.332 e. The van der Waals surface area contributed by atoms with E-state index in [0.29, 0.717) is 16.6 Å². The topological polar surface area (TPSA) is 79.5 Å². The number of amides is 3. The monoisotopic (exact) mass is 396 g/mol. The van der Waals surface area contributed by atoms with Crippen molar-refractivity contribution >= 4 is 29.2 Å². The number of aromatic nitrogens is 2. The Labute approximate surface area is 166 Å². The number of hydrogen-bond acceptors (Lipinski definition) is 5. The zero-order valence-corrected chi connectivity index (χ0v) is 16.1. The fourth-order valence-electron chi connectivity index (χ4n) is 3.08. The summed E-state index contributed by atoms with van der Waals surface area (Å²) >= 11 is 5.91. The van der Waals surface area contributed by atoms with Gasteiger partial charge in [-0.15, -0.1) is 0 Å². The maximum atomic E-state index is 12.8. The molecule has 1 unspecified atom stereocenters. The Morgan fingerprint density at radius 2 is 1.75 bits per heavy atom. The quantitative estimate of drug-likeness (QED) is 0.621. The minimum Gasteiger partial charge on any atom is -0.334 e. The maximum Gasteiger partial charge on any atom is 0.332 e. The van der Waals surface area contributed by atoms with Gasteiger partial charge in [0.25, 0.3) is 11.8 Å². The van der Waals surface area contributed by atoms with Crippen LogP contribution in [0, 0.1) is 6.92 Å². The molecule has 142 valence electrons. The minimum absolute atomic E-state index is 0.0541. The lowest BCUT2D eigenvalue weighted by molar-refractivity contribution is -0.127. The molecule has 0 radical (unpaired) electrons. The van der Waals surface area contributed by atoms with Crippen molar-refractivity contribution in [1.82, 2.24) is 15.0 Å². The predicted octanol–water partition coefficient (Wildman–Crippen LogP) is 4.06. The zero-order valence-electron chi connectivity index (χ0n) is 15.3. The normalized spacial score (nSPS) is 16.9. The summed E-state index contributed by atoms with van der Waals surface area (Å²) in [6, 6.07) is 13.4. The Balaban J connectivity index is 1.55. The number of hydrogen-bond donors (Lipinski definition) is 0. The van der Waals surface area contributed by atoms with Gasteiger partial charge in [0.05, 0.1) is 6.54 Å². The van der Waals surface area contributed by atoms with E-state index in [1.54, 1.807) is 31.2 Å². The highest BCUT2D eigenvalue weighted by molar-refractivity contribution is 6.30. The second-order valence-corrected chi connectivity index (χ2v) is 7.05. The summed E-state index contributed by atoms with van der Waals surface area (Å²) in [7, 11) is 0. The summed E-state index contributed by atoms with van der Waals surface area (Å²) in [6.07, 6.45) is 0. The third kappa shape index (κ3) is 3.25. The predicted molar refractivity (Wildman–Crippen MR) is 104 cm³/mol. The van der Waals surface area contributed by atoms with Crippen molar-refractivity contribution < 1.29 is 14.1 Å². The minimum atomic E-state index is -0.628. The average molecular weight is 397 g/mol. The third-order valence-corrected chi connectivity index (χ3v) is 4.87. The molecule has 3 amide bonds. The van der Waals surface area contributed by atoms with E-state index in [9.17, 15) is 9.59 Å². The van der Waals surface area contributed by atoms with Crippen LogP contribution < -0.4 is 4.90 Å². The summed E-state index contributed by atoms with van der Waals surface area (Å²) in [5, 5.41) is 4.47. The van der Waals surface area contributed by atoms with Crippen molar-refractivity contribution in [3.8, 4) is 11.5 Å². The van der Waals surface area contributed by atoms with Crippen LogP contribution in [-0.4, -0.2) is 33.0 Å². The van der Waals surface area contributed by atoms with Gasteiger partial charge in [-0.2, -0.15) is 4.98 Å². The number of carbonyl (C=O) groups excluding carboxylic acids is 2. The molecule has 3 aromatic rings. The van der Waals surface area contributed by atoms with E-state index in [2.05, 4.69) is 10.1 Å².